The summed E-state index contributed by atoms with van der Waals surface area (Å²) >= 11 is 0. The van der Waals surface area contributed by atoms with Crippen LogP contribution in [0.5, 0.6) is 0 Å². The normalized spacial score (nSPS) is 12.6. The van der Waals surface area contributed by atoms with E-state index in [2.05, 4.69) is 22.8 Å². The summed E-state index contributed by atoms with van der Waals surface area (Å²) in [7, 11) is 0. The van der Waals surface area contributed by atoms with E-state index in [1.807, 2.05) is 36.4 Å². The zero-order valence-corrected chi connectivity index (χ0v) is 17.5. The Hall–Kier alpha value is -3.39. The maximum atomic E-state index is 12.0. The third kappa shape index (κ3) is 5.40. The standard InChI is InChI=1S/C23H26N2O6/c1-23(2,21(27)28)25-20(26)14-30-12-11-24-22(29)31-13-19-17-9-5-3-7-15(17)16-8-4-6-10-18(16)19/h3-10,19H,11-14H2,1-2H3,(H,24,29)(H,25,26)(H,27,28). The molecule has 1 aliphatic rings. The van der Waals surface area contributed by atoms with E-state index in [1.165, 1.54) is 13.8 Å². The minimum atomic E-state index is -1.38. The number of alkyl carbamates (subject to hydrolysis) is 1. The summed E-state index contributed by atoms with van der Waals surface area (Å²) in [6.45, 7) is 2.92. The van der Waals surface area contributed by atoms with Gasteiger partial charge in [0.1, 0.15) is 18.8 Å². The lowest BCUT2D eigenvalue weighted by Gasteiger charge is -2.20. The molecule has 2 aromatic carbocycles. The van der Waals surface area contributed by atoms with E-state index in [4.69, 9.17) is 14.6 Å². The van der Waals surface area contributed by atoms with Crippen molar-refractivity contribution in [3.63, 3.8) is 0 Å². The van der Waals surface area contributed by atoms with Crippen LogP contribution >= 0.6 is 0 Å². The fraction of sp³-hybridized carbons (Fsp3) is 0.348. The Balaban J connectivity index is 1.40. The topological polar surface area (TPSA) is 114 Å². The Morgan fingerprint density at radius 2 is 1.58 bits per heavy atom. The van der Waals surface area contributed by atoms with Gasteiger partial charge in [-0.25, -0.2) is 9.59 Å². The van der Waals surface area contributed by atoms with Gasteiger partial charge in [0.25, 0.3) is 0 Å². The van der Waals surface area contributed by atoms with Gasteiger partial charge >= 0.3 is 12.1 Å². The molecule has 2 aromatic rings. The molecule has 0 fully saturated rings. The first kappa shape index (κ1) is 22.3. The molecule has 1 aliphatic carbocycles. The second-order valence-corrected chi connectivity index (χ2v) is 7.78. The number of benzene rings is 2. The molecule has 2 amide bonds. The van der Waals surface area contributed by atoms with Crippen LogP contribution in [0.15, 0.2) is 48.5 Å². The monoisotopic (exact) mass is 426 g/mol. The Morgan fingerprint density at radius 3 is 2.16 bits per heavy atom. The van der Waals surface area contributed by atoms with Crippen LogP contribution in [0.1, 0.15) is 30.9 Å². The van der Waals surface area contributed by atoms with Gasteiger partial charge in [-0.15, -0.1) is 0 Å². The number of hydrogen-bond acceptors (Lipinski definition) is 5. The van der Waals surface area contributed by atoms with Gasteiger partial charge in [0.15, 0.2) is 0 Å². The number of ether oxygens (including phenoxy) is 2. The van der Waals surface area contributed by atoms with Crippen molar-refractivity contribution in [2.75, 3.05) is 26.4 Å². The first-order valence-corrected chi connectivity index (χ1v) is 10.0. The summed E-state index contributed by atoms with van der Waals surface area (Å²) in [6, 6.07) is 16.2. The number of carboxylic acids is 1. The Bertz CT molecular complexity index is 927. The summed E-state index contributed by atoms with van der Waals surface area (Å²) in [4.78, 5) is 34.7. The van der Waals surface area contributed by atoms with Crippen molar-refractivity contribution >= 4 is 18.0 Å². The molecule has 8 nitrogen and oxygen atoms in total. The van der Waals surface area contributed by atoms with Gasteiger partial charge < -0.3 is 25.2 Å². The summed E-state index contributed by atoms with van der Waals surface area (Å²) in [5.41, 5.74) is 3.21. The number of fused-ring (bicyclic) bond motifs is 3. The van der Waals surface area contributed by atoms with E-state index < -0.39 is 23.5 Å². The number of amides is 2. The number of carboxylic acid groups (broad SMARTS) is 1. The number of hydrogen-bond donors (Lipinski definition) is 3. The first-order chi connectivity index (χ1) is 14.8. The SMILES string of the molecule is CC(C)(NC(=O)COCCNC(=O)OCC1c2ccccc2-c2ccccc21)C(=O)O. The van der Waals surface area contributed by atoms with Crippen molar-refractivity contribution in [1.82, 2.24) is 10.6 Å². The highest BCUT2D eigenvalue weighted by Crippen LogP contribution is 2.44. The number of aliphatic carboxylic acids is 1. The van der Waals surface area contributed by atoms with Crippen molar-refractivity contribution in [3.8, 4) is 11.1 Å². The van der Waals surface area contributed by atoms with E-state index in [9.17, 15) is 14.4 Å². The molecule has 8 heteroatoms. The van der Waals surface area contributed by atoms with Crippen LogP contribution in [0.3, 0.4) is 0 Å². The lowest BCUT2D eigenvalue weighted by atomic mass is 9.98. The number of carbonyl (C=O) groups excluding carboxylic acids is 2. The van der Waals surface area contributed by atoms with Gasteiger partial charge in [0.05, 0.1) is 6.61 Å². The van der Waals surface area contributed by atoms with Crippen molar-refractivity contribution in [2.45, 2.75) is 25.3 Å². The van der Waals surface area contributed by atoms with E-state index in [1.54, 1.807) is 0 Å². The van der Waals surface area contributed by atoms with E-state index in [0.29, 0.717) is 0 Å². The van der Waals surface area contributed by atoms with Crippen LogP contribution < -0.4 is 10.6 Å². The highest BCUT2D eigenvalue weighted by molar-refractivity contribution is 5.86. The van der Waals surface area contributed by atoms with Crippen molar-refractivity contribution in [2.24, 2.45) is 0 Å². The molecule has 3 N–H and O–H groups in total. The molecular weight excluding hydrogens is 400 g/mol. The predicted molar refractivity (Wildman–Crippen MR) is 114 cm³/mol. The molecule has 0 atom stereocenters. The Morgan fingerprint density at radius 1 is 1.00 bits per heavy atom. The van der Waals surface area contributed by atoms with Gasteiger partial charge in [-0.3, -0.25) is 4.79 Å². The molecule has 0 heterocycles. The average molecular weight is 426 g/mol. The molecule has 0 bridgehead atoms. The minimum absolute atomic E-state index is 0.0179. The zero-order valence-electron chi connectivity index (χ0n) is 17.5. The molecule has 0 saturated carbocycles. The lowest BCUT2D eigenvalue weighted by Crippen LogP contribution is -2.50. The molecular formula is C23H26N2O6. The molecule has 0 aliphatic heterocycles. The second-order valence-electron chi connectivity index (χ2n) is 7.78. The van der Waals surface area contributed by atoms with Crippen molar-refractivity contribution < 1.29 is 29.0 Å². The van der Waals surface area contributed by atoms with Crippen LogP contribution in [0.2, 0.25) is 0 Å². The van der Waals surface area contributed by atoms with Gasteiger partial charge in [-0.05, 0) is 36.1 Å². The fourth-order valence-corrected chi connectivity index (χ4v) is 3.48. The van der Waals surface area contributed by atoms with Crippen molar-refractivity contribution in [3.05, 3.63) is 59.7 Å². The summed E-state index contributed by atoms with van der Waals surface area (Å²) in [5.74, 6) is -1.71. The molecule has 3 rings (SSSR count). The van der Waals surface area contributed by atoms with Crippen LogP contribution in [0.4, 0.5) is 4.79 Å². The molecule has 0 saturated heterocycles. The first-order valence-electron chi connectivity index (χ1n) is 10.0. The van der Waals surface area contributed by atoms with Crippen molar-refractivity contribution in [1.29, 1.82) is 0 Å². The van der Waals surface area contributed by atoms with Gasteiger partial charge in [-0.2, -0.15) is 0 Å². The smallest absolute Gasteiger partial charge is 0.407 e. The molecule has 0 radical (unpaired) electrons. The van der Waals surface area contributed by atoms with E-state index in [-0.39, 0.29) is 32.3 Å². The summed E-state index contributed by atoms with van der Waals surface area (Å²) in [5, 5.41) is 13.9. The fourth-order valence-electron chi connectivity index (χ4n) is 3.48. The second kappa shape index (κ2) is 9.61. The van der Waals surface area contributed by atoms with E-state index >= 15 is 0 Å². The molecule has 0 unspecified atom stereocenters. The molecule has 31 heavy (non-hydrogen) atoms. The van der Waals surface area contributed by atoms with Crippen LogP contribution in [-0.4, -0.2) is 55.0 Å². The Kier molecular flexibility index (Phi) is 6.91. The van der Waals surface area contributed by atoms with Crippen LogP contribution in [0.25, 0.3) is 11.1 Å². The quantitative estimate of drug-likeness (QED) is 0.531. The van der Waals surface area contributed by atoms with Gasteiger partial charge in [0, 0.05) is 12.5 Å². The third-order valence-electron chi connectivity index (χ3n) is 5.08. The highest BCUT2D eigenvalue weighted by Gasteiger charge is 2.29. The average Bonchev–Trinajstić information content (AvgIpc) is 3.05. The minimum Gasteiger partial charge on any atom is -0.480 e. The largest absolute Gasteiger partial charge is 0.480 e. The van der Waals surface area contributed by atoms with Gasteiger partial charge in [0.2, 0.25) is 5.91 Å². The van der Waals surface area contributed by atoms with Gasteiger partial charge in [-0.1, -0.05) is 48.5 Å². The Labute approximate surface area is 180 Å². The maximum Gasteiger partial charge on any atom is 0.407 e. The number of carbonyl (C=O) groups is 3. The number of rotatable bonds is 9. The summed E-state index contributed by atoms with van der Waals surface area (Å²) < 4.78 is 10.6. The predicted octanol–water partition coefficient (Wildman–Crippen LogP) is 2.52. The molecule has 0 aromatic heterocycles. The van der Waals surface area contributed by atoms with E-state index in [0.717, 1.165) is 22.3 Å². The number of nitrogens with one attached hydrogen (secondary N) is 2. The molecule has 0 spiro atoms. The third-order valence-corrected chi connectivity index (χ3v) is 5.08. The highest BCUT2D eigenvalue weighted by atomic mass is 16.5. The van der Waals surface area contributed by atoms with Crippen LogP contribution in [0, 0.1) is 0 Å². The van der Waals surface area contributed by atoms with Crippen LogP contribution in [-0.2, 0) is 19.1 Å². The lowest BCUT2D eigenvalue weighted by molar-refractivity contribution is -0.146. The maximum absolute atomic E-state index is 12.0. The zero-order chi connectivity index (χ0) is 22.4. The molecule has 164 valence electrons. The summed E-state index contributed by atoms with van der Waals surface area (Å²) in [6.07, 6.45) is -0.568.